The summed E-state index contributed by atoms with van der Waals surface area (Å²) in [5.41, 5.74) is 0.876. The van der Waals surface area contributed by atoms with Crippen molar-refractivity contribution in [1.29, 1.82) is 0 Å². The molecule has 0 saturated carbocycles. The van der Waals surface area contributed by atoms with Gasteiger partial charge in [0.25, 0.3) is 0 Å². The molecule has 0 radical (unpaired) electrons. The molecule has 2 aromatic rings. The van der Waals surface area contributed by atoms with Crippen LogP contribution in [0.25, 0.3) is 10.9 Å². The van der Waals surface area contributed by atoms with Crippen LogP contribution >= 0.6 is 0 Å². The van der Waals surface area contributed by atoms with Gasteiger partial charge in [-0.15, -0.1) is 0 Å². The Balaban J connectivity index is 2.11. The Bertz CT molecular complexity index is 525. The number of carbonyl (C=O) groups excluding carboxylic acids is 1. The van der Waals surface area contributed by atoms with Crippen LogP contribution in [-0.4, -0.2) is 17.6 Å². The number of anilines is 1. The van der Waals surface area contributed by atoms with E-state index in [1.807, 2.05) is 37.3 Å². The van der Waals surface area contributed by atoms with Crippen molar-refractivity contribution in [3.63, 3.8) is 0 Å². The van der Waals surface area contributed by atoms with Crippen molar-refractivity contribution < 1.29 is 4.79 Å². The molecule has 2 amide bonds. The Labute approximate surface area is 100 Å². The summed E-state index contributed by atoms with van der Waals surface area (Å²) in [7, 11) is 0. The molecule has 1 aromatic carbocycles. The van der Waals surface area contributed by atoms with Crippen LogP contribution in [0.3, 0.4) is 0 Å². The molecule has 0 fully saturated rings. The maximum absolute atomic E-state index is 11.4. The van der Waals surface area contributed by atoms with E-state index in [0.717, 1.165) is 17.3 Å². The molecular weight excluding hydrogens is 214 g/mol. The molecule has 17 heavy (non-hydrogen) atoms. The zero-order valence-electron chi connectivity index (χ0n) is 9.73. The number of hydrogen-bond donors (Lipinski definition) is 2. The number of amides is 2. The van der Waals surface area contributed by atoms with Crippen LogP contribution in [-0.2, 0) is 0 Å². The van der Waals surface area contributed by atoms with Crippen LogP contribution in [0.5, 0.6) is 0 Å². The fourth-order valence-corrected chi connectivity index (χ4v) is 1.53. The van der Waals surface area contributed by atoms with Crippen LogP contribution < -0.4 is 10.6 Å². The fourth-order valence-electron chi connectivity index (χ4n) is 1.53. The first-order valence-corrected chi connectivity index (χ1v) is 5.70. The van der Waals surface area contributed by atoms with Gasteiger partial charge in [-0.1, -0.05) is 25.1 Å². The first-order valence-electron chi connectivity index (χ1n) is 5.70. The van der Waals surface area contributed by atoms with Crippen molar-refractivity contribution in [3.8, 4) is 0 Å². The predicted octanol–water partition coefficient (Wildman–Crippen LogP) is 2.77. The molecule has 0 atom stereocenters. The Kier molecular flexibility index (Phi) is 3.55. The van der Waals surface area contributed by atoms with Crippen LogP contribution in [0.1, 0.15) is 13.3 Å². The second-order valence-electron chi connectivity index (χ2n) is 3.77. The van der Waals surface area contributed by atoms with Crippen molar-refractivity contribution in [2.24, 2.45) is 0 Å². The van der Waals surface area contributed by atoms with Crippen molar-refractivity contribution in [1.82, 2.24) is 10.3 Å². The van der Waals surface area contributed by atoms with Crippen LogP contribution in [0, 0.1) is 0 Å². The second kappa shape index (κ2) is 5.30. The molecule has 0 aliphatic carbocycles. The standard InChI is InChI=1S/C13H15N3O/c1-2-9-14-13(17)16-12-8-7-10-5-3-4-6-11(10)15-12/h3-8H,2,9H2,1H3,(H2,14,15,16,17). The molecule has 2 rings (SSSR count). The largest absolute Gasteiger partial charge is 0.338 e. The third-order valence-electron chi connectivity index (χ3n) is 2.38. The number of nitrogens with one attached hydrogen (secondary N) is 2. The van der Waals surface area contributed by atoms with Crippen molar-refractivity contribution in [3.05, 3.63) is 36.4 Å². The second-order valence-corrected chi connectivity index (χ2v) is 3.77. The molecule has 0 bridgehead atoms. The Hall–Kier alpha value is -2.10. The summed E-state index contributed by atoms with van der Waals surface area (Å²) in [5, 5.41) is 6.51. The first-order chi connectivity index (χ1) is 8.29. The lowest BCUT2D eigenvalue weighted by atomic mass is 10.2. The number of carbonyl (C=O) groups is 1. The first kappa shape index (κ1) is 11.4. The Morgan fingerprint density at radius 3 is 2.88 bits per heavy atom. The highest BCUT2D eigenvalue weighted by Gasteiger charge is 2.02. The average molecular weight is 229 g/mol. The Morgan fingerprint density at radius 2 is 2.06 bits per heavy atom. The van der Waals surface area contributed by atoms with Gasteiger partial charge in [0.15, 0.2) is 0 Å². The van der Waals surface area contributed by atoms with E-state index in [2.05, 4.69) is 15.6 Å². The highest BCUT2D eigenvalue weighted by Crippen LogP contribution is 2.14. The van der Waals surface area contributed by atoms with Gasteiger partial charge in [0.1, 0.15) is 5.82 Å². The summed E-state index contributed by atoms with van der Waals surface area (Å²) < 4.78 is 0. The molecule has 4 heteroatoms. The van der Waals surface area contributed by atoms with Crippen molar-refractivity contribution in [2.75, 3.05) is 11.9 Å². The van der Waals surface area contributed by atoms with Gasteiger partial charge in [0.2, 0.25) is 0 Å². The molecule has 1 aromatic heterocycles. The van der Waals surface area contributed by atoms with E-state index >= 15 is 0 Å². The number of hydrogen-bond acceptors (Lipinski definition) is 2. The number of fused-ring (bicyclic) bond motifs is 1. The normalized spacial score (nSPS) is 10.2. The molecule has 0 aliphatic rings. The van der Waals surface area contributed by atoms with Gasteiger partial charge < -0.3 is 5.32 Å². The minimum atomic E-state index is -0.213. The molecule has 0 spiro atoms. The quantitative estimate of drug-likeness (QED) is 0.850. The van der Waals surface area contributed by atoms with Crippen LogP contribution in [0.15, 0.2) is 36.4 Å². The van der Waals surface area contributed by atoms with Crippen LogP contribution in [0.2, 0.25) is 0 Å². The summed E-state index contributed by atoms with van der Waals surface area (Å²) in [4.78, 5) is 15.8. The maximum Gasteiger partial charge on any atom is 0.320 e. The van der Waals surface area contributed by atoms with E-state index in [1.54, 1.807) is 6.07 Å². The summed E-state index contributed by atoms with van der Waals surface area (Å²) >= 11 is 0. The van der Waals surface area contributed by atoms with E-state index in [1.165, 1.54) is 0 Å². The van der Waals surface area contributed by atoms with Gasteiger partial charge in [-0.25, -0.2) is 9.78 Å². The summed E-state index contributed by atoms with van der Waals surface area (Å²) in [5.74, 6) is 0.567. The third kappa shape index (κ3) is 2.93. The average Bonchev–Trinajstić information content (AvgIpc) is 2.36. The van der Waals surface area contributed by atoms with Crippen molar-refractivity contribution in [2.45, 2.75) is 13.3 Å². The number of para-hydroxylation sites is 1. The summed E-state index contributed by atoms with van der Waals surface area (Å²) in [6, 6.07) is 11.3. The molecule has 0 saturated heterocycles. The number of rotatable bonds is 3. The molecule has 1 heterocycles. The van der Waals surface area contributed by atoms with Gasteiger partial charge in [-0.3, -0.25) is 5.32 Å². The van der Waals surface area contributed by atoms with Gasteiger partial charge in [0.05, 0.1) is 5.52 Å². The number of urea groups is 1. The minimum absolute atomic E-state index is 0.213. The maximum atomic E-state index is 11.4. The number of pyridine rings is 1. The number of benzene rings is 1. The molecule has 4 nitrogen and oxygen atoms in total. The van der Waals surface area contributed by atoms with Gasteiger partial charge >= 0.3 is 6.03 Å². The lowest BCUT2D eigenvalue weighted by molar-refractivity contribution is 0.252. The summed E-state index contributed by atoms with van der Waals surface area (Å²) in [6.07, 6.45) is 0.915. The minimum Gasteiger partial charge on any atom is -0.338 e. The van der Waals surface area contributed by atoms with Crippen molar-refractivity contribution >= 4 is 22.8 Å². The monoisotopic (exact) mass is 229 g/mol. The molecule has 0 unspecified atom stereocenters. The lowest BCUT2D eigenvalue weighted by Gasteiger charge is -2.06. The van der Waals surface area contributed by atoms with E-state index in [-0.39, 0.29) is 6.03 Å². The highest BCUT2D eigenvalue weighted by molar-refractivity contribution is 5.90. The summed E-state index contributed by atoms with van der Waals surface area (Å²) in [6.45, 7) is 2.67. The van der Waals surface area contributed by atoms with Crippen LogP contribution in [0.4, 0.5) is 10.6 Å². The lowest BCUT2D eigenvalue weighted by Crippen LogP contribution is -2.29. The predicted molar refractivity (Wildman–Crippen MR) is 69.1 cm³/mol. The number of nitrogens with zero attached hydrogens (tertiary/aromatic N) is 1. The third-order valence-corrected chi connectivity index (χ3v) is 2.38. The van der Waals surface area contributed by atoms with Gasteiger partial charge in [-0.05, 0) is 24.6 Å². The number of aromatic nitrogens is 1. The smallest absolute Gasteiger partial charge is 0.320 e. The fraction of sp³-hybridized carbons (Fsp3) is 0.231. The SMILES string of the molecule is CCCNC(=O)Nc1ccc2ccccc2n1. The molecule has 88 valence electrons. The molecule has 0 aliphatic heterocycles. The Morgan fingerprint density at radius 1 is 1.24 bits per heavy atom. The van der Waals surface area contributed by atoms with Gasteiger partial charge in [0, 0.05) is 11.9 Å². The zero-order valence-corrected chi connectivity index (χ0v) is 9.73. The molecular formula is C13H15N3O. The zero-order chi connectivity index (χ0) is 12.1. The van der Waals surface area contributed by atoms with E-state index in [9.17, 15) is 4.79 Å². The van der Waals surface area contributed by atoms with E-state index < -0.39 is 0 Å². The van der Waals surface area contributed by atoms with Gasteiger partial charge in [-0.2, -0.15) is 0 Å². The highest BCUT2D eigenvalue weighted by atomic mass is 16.2. The van der Waals surface area contributed by atoms with E-state index in [4.69, 9.17) is 0 Å². The topological polar surface area (TPSA) is 54.0 Å². The van der Waals surface area contributed by atoms with E-state index in [0.29, 0.717) is 12.4 Å². The molecule has 2 N–H and O–H groups in total.